The fraction of sp³-hybridized carbons (Fsp3) is 0.400. The van der Waals surface area contributed by atoms with Gasteiger partial charge in [0, 0.05) is 28.9 Å². The molecule has 0 bridgehead atoms. The van der Waals surface area contributed by atoms with Gasteiger partial charge in [0.25, 0.3) is 5.91 Å². The smallest absolute Gasteiger partial charge is 0.271 e. The van der Waals surface area contributed by atoms with Crippen LogP contribution in [0.15, 0.2) is 12.1 Å². The molecule has 1 aromatic rings. The van der Waals surface area contributed by atoms with Crippen LogP contribution in [-0.2, 0) is 10.8 Å². The number of carbonyl (C=O) groups is 1. The van der Waals surface area contributed by atoms with Gasteiger partial charge in [-0.3, -0.25) is 9.00 Å². The molecular weight excluding hydrogens is 276 g/mol. The molecule has 0 radical (unpaired) electrons. The van der Waals surface area contributed by atoms with Gasteiger partial charge in [-0.25, -0.2) is 10.8 Å². The first kappa shape index (κ1) is 14.9. The van der Waals surface area contributed by atoms with Crippen LogP contribution in [0.1, 0.15) is 17.4 Å². The quantitative estimate of drug-likeness (QED) is 0.542. The van der Waals surface area contributed by atoms with Crippen molar-refractivity contribution in [3.8, 4) is 0 Å². The molecule has 0 saturated heterocycles. The Kier molecular flexibility index (Phi) is 5.52. The number of aromatic nitrogens is 1. The topological polar surface area (TPSA) is 97.1 Å². The third kappa shape index (κ3) is 4.25. The van der Waals surface area contributed by atoms with Gasteiger partial charge in [-0.05, 0) is 19.1 Å². The summed E-state index contributed by atoms with van der Waals surface area (Å²) in [6.45, 7) is 1.76. The fourth-order valence-electron chi connectivity index (χ4n) is 1.37. The predicted molar refractivity (Wildman–Crippen MR) is 72.9 cm³/mol. The Hall–Kier alpha value is -1.18. The number of nitrogens with zero attached hydrogens (tertiary/aromatic N) is 1. The van der Waals surface area contributed by atoms with Crippen LogP contribution in [0.25, 0.3) is 0 Å². The number of carbonyl (C=O) groups excluding carboxylic acids is 1. The largest absolute Gasteiger partial charge is 0.347 e. The first-order valence-corrected chi connectivity index (χ1v) is 7.28. The van der Waals surface area contributed by atoms with Crippen LogP contribution in [0.2, 0.25) is 5.02 Å². The van der Waals surface area contributed by atoms with E-state index in [0.717, 1.165) is 0 Å². The number of amides is 1. The lowest BCUT2D eigenvalue weighted by Crippen LogP contribution is -2.36. The van der Waals surface area contributed by atoms with E-state index in [1.807, 2.05) is 0 Å². The first-order chi connectivity index (χ1) is 8.43. The summed E-state index contributed by atoms with van der Waals surface area (Å²) in [6.07, 6.45) is 1.58. The van der Waals surface area contributed by atoms with E-state index in [1.54, 1.807) is 19.2 Å². The monoisotopic (exact) mass is 290 g/mol. The van der Waals surface area contributed by atoms with E-state index in [9.17, 15) is 9.00 Å². The molecule has 0 aromatic carbocycles. The predicted octanol–water partition coefficient (Wildman–Crippen LogP) is 0.517. The molecule has 0 aliphatic heterocycles. The van der Waals surface area contributed by atoms with Gasteiger partial charge in [0.1, 0.15) is 11.5 Å². The SMILES string of the molecule is CC(CS(C)=O)NC(=O)c1nc(NN)ccc1Cl. The van der Waals surface area contributed by atoms with E-state index in [0.29, 0.717) is 11.6 Å². The molecule has 2 unspecified atom stereocenters. The molecule has 0 aliphatic carbocycles. The van der Waals surface area contributed by atoms with Crippen molar-refractivity contribution in [2.45, 2.75) is 13.0 Å². The molecule has 2 atom stereocenters. The second-order valence-electron chi connectivity index (χ2n) is 3.79. The number of anilines is 1. The molecule has 0 fully saturated rings. The van der Waals surface area contributed by atoms with E-state index >= 15 is 0 Å². The van der Waals surface area contributed by atoms with Crippen LogP contribution < -0.4 is 16.6 Å². The van der Waals surface area contributed by atoms with Crippen molar-refractivity contribution in [2.24, 2.45) is 5.84 Å². The maximum atomic E-state index is 11.9. The Morgan fingerprint density at radius 2 is 2.28 bits per heavy atom. The summed E-state index contributed by atoms with van der Waals surface area (Å²) in [7, 11) is -0.980. The molecule has 100 valence electrons. The Balaban J connectivity index is 2.80. The van der Waals surface area contributed by atoms with Crippen molar-refractivity contribution in [3.63, 3.8) is 0 Å². The molecule has 1 amide bonds. The van der Waals surface area contributed by atoms with Gasteiger partial charge >= 0.3 is 0 Å². The average Bonchev–Trinajstić information content (AvgIpc) is 2.28. The minimum absolute atomic E-state index is 0.0841. The molecule has 1 heterocycles. The number of hydrogen-bond donors (Lipinski definition) is 3. The number of halogens is 1. The van der Waals surface area contributed by atoms with Crippen molar-refractivity contribution in [3.05, 3.63) is 22.8 Å². The second-order valence-corrected chi connectivity index (χ2v) is 5.67. The van der Waals surface area contributed by atoms with E-state index in [1.165, 1.54) is 6.07 Å². The summed E-state index contributed by atoms with van der Waals surface area (Å²) in [6, 6.07) is 2.86. The third-order valence-corrected chi connectivity index (χ3v) is 3.35. The summed E-state index contributed by atoms with van der Waals surface area (Å²) in [5.41, 5.74) is 2.42. The Morgan fingerprint density at radius 3 is 2.83 bits per heavy atom. The third-order valence-electron chi connectivity index (χ3n) is 2.07. The van der Waals surface area contributed by atoms with Gasteiger partial charge in [-0.2, -0.15) is 0 Å². The Labute approximate surface area is 113 Å². The summed E-state index contributed by atoms with van der Waals surface area (Å²) in [4.78, 5) is 15.9. The van der Waals surface area contributed by atoms with E-state index < -0.39 is 16.7 Å². The number of pyridine rings is 1. The van der Waals surface area contributed by atoms with Gasteiger partial charge in [-0.15, -0.1) is 0 Å². The minimum atomic E-state index is -0.980. The van der Waals surface area contributed by atoms with Crippen LogP contribution in [0.5, 0.6) is 0 Å². The number of hydrogen-bond acceptors (Lipinski definition) is 5. The lowest BCUT2D eigenvalue weighted by Gasteiger charge is -2.13. The summed E-state index contributed by atoms with van der Waals surface area (Å²) in [5, 5.41) is 2.90. The van der Waals surface area contributed by atoms with Crippen molar-refractivity contribution in [1.82, 2.24) is 10.3 Å². The summed E-state index contributed by atoms with van der Waals surface area (Å²) >= 11 is 5.89. The normalized spacial score (nSPS) is 13.8. The number of hydrazine groups is 1. The van der Waals surface area contributed by atoms with Crippen LogP contribution in [-0.4, -0.2) is 33.2 Å². The highest BCUT2D eigenvalue weighted by Crippen LogP contribution is 2.16. The van der Waals surface area contributed by atoms with Gasteiger partial charge in [0.15, 0.2) is 0 Å². The van der Waals surface area contributed by atoms with Crippen molar-refractivity contribution in [2.75, 3.05) is 17.4 Å². The summed E-state index contributed by atoms with van der Waals surface area (Å²) < 4.78 is 11.0. The molecule has 1 aromatic heterocycles. The highest BCUT2D eigenvalue weighted by molar-refractivity contribution is 7.84. The minimum Gasteiger partial charge on any atom is -0.347 e. The second kappa shape index (κ2) is 6.67. The zero-order valence-electron chi connectivity index (χ0n) is 10.1. The van der Waals surface area contributed by atoms with Crippen molar-refractivity contribution < 1.29 is 9.00 Å². The number of rotatable bonds is 5. The number of nitrogens with one attached hydrogen (secondary N) is 2. The molecule has 6 nitrogen and oxygen atoms in total. The Bertz CT molecular complexity index is 469. The number of nitrogen functional groups attached to an aromatic ring is 1. The Morgan fingerprint density at radius 1 is 1.61 bits per heavy atom. The lowest BCUT2D eigenvalue weighted by molar-refractivity contribution is 0.0939. The standard InChI is InChI=1S/C10H15ClN4O2S/c1-6(5-18(2)17)13-10(16)9-7(11)3-4-8(14-9)15-12/h3-4,6H,5,12H2,1-2H3,(H,13,16)(H,14,15). The van der Waals surface area contributed by atoms with Crippen LogP contribution >= 0.6 is 11.6 Å². The lowest BCUT2D eigenvalue weighted by atomic mass is 10.3. The zero-order valence-corrected chi connectivity index (χ0v) is 11.6. The molecule has 0 saturated carbocycles. The van der Waals surface area contributed by atoms with Gasteiger partial charge in [0.2, 0.25) is 0 Å². The van der Waals surface area contributed by atoms with Gasteiger partial charge in [-0.1, -0.05) is 11.6 Å². The summed E-state index contributed by atoms with van der Waals surface area (Å²) in [5.74, 6) is 5.50. The molecule has 0 aliphatic rings. The fourth-order valence-corrected chi connectivity index (χ4v) is 2.35. The van der Waals surface area contributed by atoms with Crippen molar-refractivity contribution >= 4 is 34.1 Å². The molecule has 0 spiro atoms. The van der Waals surface area contributed by atoms with Gasteiger partial charge < -0.3 is 10.7 Å². The molecular formula is C10H15ClN4O2S. The van der Waals surface area contributed by atoms with Crippen LogP contribution in [0, 0.1) is 0 Å². The van der Waals surface area contributed by atoms with E-state index in [2.05, 4.69) is 15.7 Å². The van der Waals surface area contributed by atoms with E-state index in [-0.39, 0.29) is 16.8 Å². The average molecular weight is 291 g/mol. The maximum absolute atomic E-state index is 11.9. The highest BCUT2D eigenvalue weighted by atomic mass is 35.5. The van der Waals surface area contributed by atoms with Crippen molar-refractivity contribution in [1.29, 1.82) is 0 Å². The first-order valence-electron chi connectivity index (χ1n) is 5.18. The maximum Gasteiger partial charge on any atom is 0.271 e. The zero-order chi connectivity index (χ0) is 13.7. The van der Waals surface area contributed by atoms with Gasteiger partial charge in [0.05, 0.1) is 5.02 Å². The molecule has 4 N–H and O–H groups in total. The molecule has 8 heteroatoms. The molecule has 1 rings (SSSR count). The van der Waals surface area contributed by atoms with E-state index in [4.69, 9.17) is 17.4 Å². The van der Waals surface area contributed by atoms with Crippen LogP contribution in [0.4, 0.5) is 5.82 Å². The molecule has 18 heavy (non-hydrogen) atoms. The number of nitrogens with two attached hydrogens (primary N) is 1. The highest BCUT2D eigenvalue weighted by Gasteiger charge is 2.16. The van der Waals surface area contributed by atoms with Crippen LogP contribution in [0.3, 0.4) is 0 Å².